The van der Waals surface area contributed by atoms with Crippen LogP contribution in [0.2, 0.25) is 0 Å². The zero-order chi connectivity index (χ0) is 25.1. The van der Waals surface area contributed by atoms with Gasteiger partial charge in [-0.1, -0.05) is 18.2 Å². The highest BCUT2D eigenvalue weighted by Crippen LogP contribution is 2.24. The predicted octanol–water partition coefficient (Wildman–Crippen LogP) is 3.68. The third-order valence-electron chi connectivity index (χ3n) is 6.73. The van der Waals surface area contributed by atoms with E-state index < -0.39 is 0 Å². The van der Waals surface area contributed by atoms with Crippen molar-refractivity contribution < 1.29 is 14.3 Å². The van der Waals surface area contributed by atoms with Crippen LogP contribution >= 0.6 is 0 Å². The smallest absolute Gasteiger partial charge is 0.243 e. The molecule has 0 spiro atoms. The summed E-state index contributed by atoms with van der Waals surface area (Å²) < 4.78 is 12.6. The lowest BCUT2D eigenvalue weighted by Crippen LogP contribution is -2.50. The van der Waals surface area contributed by atoms with Gasteiger partial charge in [0.05, 0.1) is 32.1 Å². The van der Waals surface area contributed by atoms with Crippen molar-refractivity contribution in [2.45, 2.75) is 19.4 Å². The normalized spacial score (nSPS) is 15.1. The number of nitrogens with zero attached hydrogens (tertiary/aromatic N) is 5. The number of carbonyl (C=O) groups is 1. The van der Waals surface area contributed by atoms with E-state index >= 15 is 0 Å². The molecule has 0 radical (unpaired) electrons. The van der Waals surface area contributed by atoms with Gasteiger partial charge in [-0.2, -0.15) is 5.10 Å². The molecule has 0 aliphatic carbocycles. The molecule has 0 bridgehead atoms. The number of likely N-dealkylation sites (N-methyl/N-ethyl adjacent to an activating group) is 1. The molecule has 36 heavy (non-hydrogen) atoms. The maximum atomic E-state index is 13.1. The van der Waals surface area contributed by atoms with Crippen LogP contribution in [0.15, 0.2) is 66.7 Å². The lowest BCUT2D eigenvalue weighted by molar-refractivity contribution is -0.124. The van der Waals surface area contributed by atoms with Gasteiger partial charge >= 0.3 is 0 Å². The van der Waals surface area contributed by atoms with E-state index in [0.717, 1.165) is 52.8 Å². The number of methoxy groups -OCH3 is 1. The van der Waals surface area contributed by atoms with Crippen molar-refractivity contribution >= 4 is 17.2 Å². The van der Waals surface area contributed by atoms with E-state index in [9.17, 15) is 4.79 Å². The number of benzene rings is 2. The van der Waals surface area contributed by atoms with Gasteiger partial charge in [0.2, 0.25) is 5.91 Å². The van der Waals surface area contributed by atoms with Crippen LogP contribution in [0.25, 0.3) is 16.9 Å². The highest BCUT2D eigenvalue weighted by atomic mass is 16.5. The molecule has 3 heterocycles. The summed E-state index contributed by atoms with van der Waals surface area (Å²) in [6.07, 6.45) is 0.568. The molecule has 1 unspecified atom stereocenters. The molecule has 1 atom stereocenters. The number of rotatable bonds is 7. The monoisotopic (exact) mass is 485 g/mol. The van der Waals surface area contributed by atoms with E-state index in [1.54, 1.807) is 12.0 Å². The molecule has 2 aromatic heterocycles. The number of carbonyl (C=O) groups excluding carboxylic acids is 1. The molecular weight excluding hydrogens is 454 g/mol. The molecule has 1 aliphatic heterocycles. The van der Waals surface area contributed by atoms with E-state index in [2.05, 4.69) is 4.90 Å². The van der Waals surface area contributed by atoms with E-state index in [4.69, 9.17) is 19.6 Å². The van der Waals surface area contributed by atoms with Gasteiger partial charge < -0.3 is 14.4 Å². The van der Waals surface area contributed by atoms with Crippen LogP contribution < -0.4 is 9.64 Å². The fraction of sp³-hybridized carbons (Fsp3) is 0.321. The Labute approximate surface area is 211 Å². The largest absolute Gasteiger partial charge is 0.497 e. The van der Waals surface area contributed by atoms with E-state index in [1.807, 2.05) is 85.2 Å². The van der Waals surface area contributed by atoms with Crippen molar-refractivity contribution in [1.29, 1.82) is 0 Å². The summed E-state index contributed by atoms with van der Waals surface area (Å²) in [6, 6.07) is 21.7. The van der Waals surface area contributed by atoms with Gasteiger partial charge in [-0.05, 0) is 61.0 Å². The molecule has 0 N–H and O–H groups in total. The Hall–Kier alpha value is -3.75. The fourth-order valence-electron chi connectivity index (χ4n) is 4.59. The summed E-state index contributed by atoms with van der Waals surface area (Å²) in [5.74, 6) is 1.61. The first-order valence-corrected chi connectivity index (χ1v) is 12.2. The summed E-state index contributed by atoms with van der Waals surface area (Å²) in [6.45, 7) is 4.86. The number of morpholine rings is 1. The van der Waals surface area contributed by atoms with Crippen molar-refractivity contribution in [3.05, 3.63) is 78.1 Å². The first kappa shape index (κ1) is 24.0. The van der Waals surface area contributed by atoms with Crippen LogP contribution in [0.4, 0.5) is 5.69 Å². The van der Waals surface area contributed by atoms with Crippen molar-refractivity contribution in [3.8, 4) is 17.0 Å². The lowest BCUT2D eigenvalue weighted by Gasteiger charge is -2.33. The number of anilines is 1. The number of ether oxygens (including phenoxy) is 2. The van der Waals surface area contributed by atoms with Crippen LogP contribution in [-0.4, -0.2) is 71.9 Å². The lowest BCUT2D eigenvalue weighted by atomic mass is 10.1. The second kappa shape index (κ2) is 10.5. The molecule has 8 heteroatoms. The summed E-state index contributed by atoms with van der Waals surface area (Å²) in [5, 5.41) is 4.80. The molecule has 5 rings (SSSR count). The SMILES string of the molecule is COc1ccc(-c2cccc3nc(Cc4cccc(N(C)C(=O)C(C)N5CCOCC5)c4)nn23)cc1. The van der Waals surface area contributed by atoms with Gasteiger partial charge in [0.15, 0.2) is 11.5 Å². The Kier molecular flexibility index (Phi) is 6.97. The van der Waals surface area contributed by atoms with Gasteiger partial charge in [-0.3, -0.25) is 9.69 Å². The van der Waals surface area contributed by atoms with Gasteiger partial charge in [0.25, 0.3) is 0 Å². The Morgan fingerprint density at radius 2 is 1.83 bits per heavy atom. The molecule has 2 aromatic carbocycles. The highest BCUT2D eigenvalue weighted by Gasteiger charge is 2.26. The minimum absolute atomic E-state index is 0.0732. The average molecular weight is 486 g/mol. The summed E-state index contributed by atoms with van der Waals surface area (Å²) in [4.78, 5) is 21.8. The topological polar surface area (TPSA) is 72.2 Å². The van der Waals surface area contributed by atoms with Crippen molar-refractivity contribution in [2.75, 3.05) is 45.4 Å². The molecule has 1 fully saturated rings. The second-order valence-corrected chi connectivity index (χ2v) is 9.01. The number of pyridine rings is 1. The van der Waals surface area contributed by atoms with Crippen molar-refractivity contribution in [2.24, 2.45) is 0 Å². The van der Waals surface area contributed by atoms with Crippen molar-refractivity contribution in [3.63, 3.8) is 0 Å². The second-order valence-electron chi connectivity index (χ2n) is 9.01. The number of fused-ring (bicyclic) bond motifs is 1. The standard InChI is InChI=1S/C28H31N5O3/c1-20(32-14-16-36-17-15-32)28(34)31(2)23-7-4-6-21(18-23)19-26-29-27-9-5-8-25(33(27)30-26)22-10-12-24(35-3)13-11-22/h4-13,18,20H,14-17,19H2,1-3H3. The fourth-order valence-corrected chi connectivity index (χ4v) is 4.59. The molecule has 0 saturated carbocycles. The van der Waals surface area contributed by atoms with Gasteiger partial charge in [-0.15, -0.1) is 0 Å². The minimum atomic E-state index is -0.195. The Balaban J connectivity index is 1.35. The predicted molar refractivity (Wildman–Crippen MR) is 139 cm³/mol. The van der Waals surface area contributed by atoms with E-state index in [0.29, 0.717) is 19.6 Å². The zero-order valence-corrected chi connectivity index (χ0v) is 20.9. The average Bonchev–Trinajstić information content (AvgIpc) is 3.35. The summed E-state index contributed by atoms with van der Waals surface area (Å²) >= 11 is 0. The zero-order valence-electron chi connectivity index (χ0n) is 20.9. The van der Waals surface area contributed by atoms with Crippen LogP contribution in [0.5, 0.6) is 5.75 Å². The molecule has 1 saturated heterocycles. The van der Waals surface area contributed by atoms with Gasteiger partial charge in [0.1, 0.15) is 5.75 Å². The van der Waals surface area contributed by atoms with Crippen molar-refractivity contribution in [1.82, 2.24) is 19.5 Å². The molecule has 8 nitrogen and oxygen atoms in total. The quantitative estimate of drug-likeness (QED) is 0.398. The number of amides is 1. The third kappa shape index (κ3) is 4.96. The maximum Gasteiger partial charge on any atom is 0.243 e. The molecule has 1 aliphatic rings. The van der Waals surface area contributed by atoms with E-state index in [1.165, 1.54) is 0 Å². The van der Waals surface area contributed by atoms with E-state index in [-0.39, 0.29) is 11.9 Å². The Bertz CT molecular complexity index is 1350. The van der Waals surface area contributed by atoms with Crippen LogP contribution in [-0.2, 0) is 16.0 Å². The summed E-state index contributed by atoms with van der Waals surface area (Å²) in [7, 11) is 3.50. The number of hydrogen-bond donors (Lipinski definition) is 0. The first-order chi connectivity index (χ1) is 17.5. The van der Waals surface area contributed by atoms with Crippen LogP contribution in [0.1, 0.15) is 18.3 Å². The Morgan fingerprint density at radius 3 is 2.58 bits per heavy atom. The molecule has 186 valence electrons. The molecular formula is C28H31N5O3. The molecule has 1 amide bonds. The maximum absolute atomic E-state index is 13.1. The molecule has 4 aromatic rings. The number of aromatic nitrogens is 3. The first-order valence-electron chi connectivity index (χ1n) is 12.2. The van der Waals surface area contributed by atoms with Gasteiger partial charge in [-0.25, -0.2) is 9.50 Å². The van der Waals surface area contributed by atoms with Crippen LogP contribution in [0, 0.1) is 0 Å². The van der Waals surface area contributed by atoms with Crippen LogP contribution in [0.3, 0.4) is 0 Å². The van der Waals surface area contributed by atoms with Gasteiger partial charge in [0, 0.05) is 37.8 Å². The number of hydrogen-bond acceptors (Lipinski definition) is 6. The highest BCUT2D eigenvalue weighted by molar-refractivity contribution is 5.96. The third-order valence-corrected chi connectivity index (χ3v) is 6.73. The Morgan fingerprint density at radius 1 is 1.08 bits per heavy atom. The summed E-state index contributed by atoms with van der Waals surface area (Å²) in [5.41, 5.74) is 4.70. The minimum Gasteiger partial charge on any atom is -0.497 e.